The molecule has 1 aliphatic heterocycles. The van der Waals surface area contributed by atoms with Gasteiger partial charge in [-0.05, 0) is 30.3 Å². The normalized spacial score (nSPS) is 16.4. The van der Waals surface area contributed by atoms with E-state index in [9.17, 15) is 9.59 Å². The molecule has 2 amide bonds. The van der Waals surface area contributed by atoms with E-state index in [2.05, 4.69) is 15.6 Å². The monoisotopic (exact) mass is 347 g/mol. The molecular weight excluding hydrogens is 334 g/mol. The first-order valence-corrected chi connectivity index (χ1v) is 8.31. The Morgan fingerprint density at radius 1 is 1.35 bits per heavy atom. The molecular formula is C16H14ClN3O2S. The average Bonchev–Trinajstić information content (AvgIpc) is 2.55. The molecule has 1 aromatic heterocycles. The summed E-state index contributed by atoms with van der Waals surface area (Å²) in [4.78, 5) is 29.2. The first kappa shape index (κ1) is 15.8. The van der Waals surface area contributed by atoms with Crippen LogP contribution in [0.5, 0.6) is 0 Å². The Hall–Kier alpha value is -2.05. The van der Waals surface area contributed by atoms with Crippen LogP contribution in [0, 0.1) is 0 Å². The molecule has 0 spiro atoms. The molecule has 118 valence electrons. The van der Waals surface area contributed by atoms with Crippen molar-refractivity contribution in [1.29, 1.82) is 0 Å². The van der Waals surface area contributed by atoms with Crippen LogP contribution < -0.4 is 10.6 Å². The smallest absolute Gasteiger partial charge is 0.238 e. The van der Waals surface area contributed by atoms with Crippen molar-refractivity contribution in [3.63, 3.8) is 0 Å². The van der Waals surface area contributed by atoms with Gasteiger partial charge in [0.1, 0.15) is 0 Å². The number of thioether (sulfide) groups is 1. The van der Waals surface area contributed by atoms with Crippen LogP contribution in [0.2, 0.25) is 5.02 Å². The fourth-order valence-electron chi connectivity index (χ4n) is 2.19. The highest BCUT2D eigenvalue weighted by Crippen LogP contribution is 2.38. The molecule has 1 atom stereocenters. The number of hydrogen-bond acceptors (Lipinski definition) is 4. The van der Waals surface area contributed by atoms with Gasteiger partial charge in [-0.1, -0.05) is 17.7 Å². The summed E-state index contributed by atoms with van der Waals surface area (Å²) in [5, 5.41) is 5.69. The number of nitrogens with zero attached hydrogens (tertiary/aromatic N) is 1. The zero-order valence-corrected chi connectivity index (χ0v) is 13.7. The lowest BCUT2D eigenvalue weighted by atomic mass is 10.2. The van der Waals surface area contributed by atoms with E-state index in [1.165, 1.54) is 11.8 Å². The lowest BCUT2D eigenvalue weighted by Crippen LogP contribution is -2.34. The van der Waals surface area contributed by atoms with Crippen molar-refractivity contribution in [2.45, 2.75) is 23.1 Å². The van der Waals surface area contributed by atoms with E-state index >= 15 is 0 Å². The molecule has 0 saturated carbocycles. The van der Waals surface area contributed by atoms with Crippen LogP contribution in [0.1, 0.15) is 12.1 Å². The molecule has 1 unspecified atom stereocenters. The van der Waals surface area contributed by atoms with Gasteiger partial charge < -0.3 is 10.6 Å². The lowest BCUT2D eigenvalue weighted by molar-refractivity contribution is -0.124. The number of amides is 2. The molecule has 0 fully saturated rings. The molecule has 2 N–H and O–H groups in total. The number of carbonyl (C=O) groups is 2. The predicted octanol–water partition coefficient (Wildman–Crippen LogP) is 2.85. The number of aromatic nitrogens is 1. The van der Waals surface area contributed by atoms with Gasteiger partial charge in [-0.15, -0.1) is 11.8 Å². The summed E-state index contributed by atoms with van der Waals surface area (Å²) in [6.07, 6.45) is 1.79. The fourth-order valence-corrected chi connectivity index (χ4v) is 3.45. The number of nitrogens with one attached hydrogen (secondary N) is 2. The number of fused-ring (bicyclic) bond motifs is 1. The highest BCUT2D eigenvalue weighted by molar-refractivity contribution is 8.01. The Kier molecular flexibility index (Phi) is 4.83. The molecule has 0 aliphatic carbocycles. The quantitative estimate of drug-likeness (QED) is 0.892. The maximum absolute atomic E-state index is 12.1. The number of halogens is 1. The van der Waals surface area contributed by atoms with Crippen molar-refractivity contribution in [3.8, 4) is 0 Å². The topological polar surface area (TPSA) is 71.1 Å². The number of benzene rings is 1. The summed E-state index contributed by atoms with van der Waals surface area (Å²) in [6, 6.07) is 10.8. The van der Waals surface area contributed by atoms with E-state index in [4.69, 9.17) is 11.6 Å². The van der Waals surface area contributed by atoms with E-state index in [1.54, 1.807) is 18.3 Å². The molecule has 0 radical (unpaired) electrons. The van der Waals surface area contributed by atoms with E-state index in [0.717, 1.165) is 10.6 Å². The van der Waals surface area contributed by atoms with Gasteiger partial charge in [0, 0.05) is 22.5 Å². The zero-order valence-electron chi connectivity index (χ0n) is 12.1. The molecule has 5 nitrogen and oxygen atoms in total. The van der Waals surface area contributed by atoms with Crippen LogP contribution in [-0.4, -0.2) is 22.0 Å². The van der Waals surface area contributed by atoms with E-state index in [1.807, 2.05) is 24.3 Å². The maximum atomic E-state index is 12.1. The molecule has 0 bridgehead atoms. The van der Waals surface area contributed by atoms with Crippen LogP contribution in [0.3, 0.4) is 0 Å². The van der Waals surface area contributed by atoms with Gasteiger partial charge in [0.15, 0.2) is 0 Å². The van der Waals surface area contributed by atoms with E-state index < -0.39 is 5.25 Å². The highest BCUT2D eigenvalue weighted by atomic mass is 35.5. The summed E-state index contributed by atoms with van der Waals surface area (Å²) in [5.41, 5.74) is 1.47. The Bertz CT molecular complexity index is 739. The van der Waals surface area contributed by atoms with Gasteiger partial charge in [0.2, 0.25) is 11.8 Å². The molecule has 1 aromatic carbocycles. The van der Waals surface area contributed by atoms with E-state index in [-0.39, 0.29) is 18.2 Å². The number of pyridine rings is 1. The van der Waals surface area contributed by atoms with Gasteiger partial charge in [0.25, 0.3) is 0 Å². The largest absolute Gasteiger partial charge is 0.350 e. The Labute approximate surface area is 142 Å². The highest BCUT2D eigenvalue weighted by Gasteiger charge is 2.29. The van der Waals surface area contributed by atoms with Gasteiger partial charge in [0.05, 0.1) is 23.2 Å². The van der Waals surface area contributed by atoms with Crippen molar-refractivity contribution < 1.29 is 9.59 Å². The third-order valence-electron chi connectivity index (χ3n) is 3.32. The van der Waals surface area contributed by atoms with Gasteiger partial charge in [-0.3, -0.25) is 14.6 Å². The third kappa shape index (κ3) is 4.03. The van der Waals surface area contributed by atoms with Crippen LogP contribution in [0.15, 0.2) is 47.5 Å². The second-order valence-electron chi connectivity index (χ2n) is 5.04. The van der Waals surface area contributed by atoms with Crippen molar-refractivity contribution in [2.24, 2.45) is 0 Å². The lowest BCUT2D eigenvalue weighted by Gasteiger charge is -2.23. The molecule has 2 aromatic rings. The molecule has 23 heavy (non-hydrogen) atoms. The van der Waals surface area contributed by atoms with Crippen LogP contribution in [0.4, 0.5) is 5.69 Å². The zero-order chi connectivity index (χ0) is 16.2. The number of anilines is 1. The minimum Gasteiger partial charge on any atom is -0.350 e. The van der Waals surface area contributed by atoms with Gasteiger partial charge in [-0.25, -0.2) is 0 Å². The summed E-state index contributed by atoms with van der Waals surface area (Å²) in [5.74, 6) is -0.363. The molecule has 1 aliphatic rings. The Morgan fingerprint density at radius 2 is 2.22 bits per heavy atom. The minimum atomic E-state index is -0.451. The van der Waals surface area contributed by atoms with Gasteiger partial charge in [-0.2, -0.15) is 0 Å². The second kappa shape index (κ2) is 7.02. The molecule has 7 heteroatoms. The predicted molar refractivity (Wildman–Crippen MR) is 90.4 cm³/mol. The van der Waals surface area contributed by atoms with Crippen molar-refractivity contribution in [1.82, 2.24) is 10.3 Å². The fraction of sp³-hybridized carbons (Fsp3) is 0.188. The Morgan fingerprint density at radius 3 is 3.00 bits per heavy atom. The van der Waals surface area contributed by atoms with Gasteiger partial charge >= 0.3 is 0 Å². The standard InChI is InChI=1S/C16H14ClN3O2S/c17-10-4-5-13-12(7-10)20-16(22)14(23-13)8-15(21)19-9-11-3-1-2-6-18-11/h1-7,14H,8-9H2,(H,19,21)(H,20,22). The minimum absolute atomic E-state index is 0.116. The van der Waals surface area contributed by atoms with E-state index in [0.29, 0.717) is 17.3 Å². The van der Waals surface area contributed by atoms with Crippen LogP contribution >= 0.6 is 23.4 Å². The molecule has 2 heterocycles. The van der Waals surface area contributed by atoms with Crippen molar-refractivity contribution in [2.75, 3.05) is 5.32 Å². The molecule has 3 rings (SSSR count). The SMILES string of the molecule is O=C(CC1Sc2ccc(Cl)cc2NC1=O)NCc1ccccn1. The maximum Gasteiger partial charge on any atom is 0.238 e. The summed E-state index contributed by atoms with van der Waals surface area (Å²) in [7, 11) is 0. The summed E-state index contributed by atoms with van der Waals surface area (Å²) in [6.45, 7) is 0.352. The third-order valence-corrected chi connectivity index (χ3v) is 4.84. The molecule has 0 saturated heterocycles. The van der Waals surface area contributed by atoms with Crippen LogP contribution in [-0.2, 0) is 16.1 Å². The summed E-state index contributed by atoms with van der Waals surface area (Å²) < 4.78 is 0. The first-order valence-electron chi connectivity index (χ1n) is 7.05. The van der Waals surface area contributed by atoms with Crippen LogP contribution in [0.25, 0.3) is 0 Å². The first-order chi connectivity index (χ1) is 11.1. The van der Waals surface area contributed by atoms with Crippen molar-refractivity contribution in [3.05, 3.63) is 53.3 Å². The number of carbonyl (C=O) groups excluding carboxylic acids is 2. The Balaban J connectivity index is 1.58. The number of rotatable bonds is 4. The average molecular weight is 348 g/mol. The summed E-state index contributed by atoms with van der Waals surface area (Å²) >= 11 is 7.29. The number of hydrogen-bond donors (Lipinski definition) is 2. The second-order valence-corrected chi connectivity index (χ2v) is 6.72. The van der Waals surface area contributed by atoms with Crippen molar-refractivity contribution >= 4 is 40.9 Å².